The zero-order valence-electron chi connectivity index (χ0n) is 4.15. The van der Waals surface area contributed by atoms with Gasteiger partial charge in [-0.25, -0.2) is 0 Å². The maximum absolute atomic E-state index is 6.73. The minimum Gasteiger partial charge on any atom is -0.387 e. The molecule has 2 nitrogen and oxygen atoms in total. The van der Waals surface area contributed by atoms with Crippen molar-refractivity contribution in [3.05, 3.63) is 0 Å². The van der Waals surface area contributed by atoms with Gasteiger partial charge in [0.2, 0.25) is 0 Å². The van der Waals surface area contributed by atoms with Gasteiger partial charge in [-0.3, -0.25) is 5.41 Å². The molecule has 0 bridgehead atoms. The fraction of sp³-hybridized carbons (Fsp3) is 0.750. The zero-order valence-corrected chi connectivity index (χ0v) is 4.15. The van der Waals surface area contributed by atoms with Crippen LogP contribution >= 0.6 is 0 Å². The van der Waals surface area contributed by atoms with Crippen LogP contribution in [0.1, 0.15) is 16.7 Å². The SMILES string of the molecule is CC(C)C(=N)N.[HH].[HH]. The van der Waals surface area contributed by atoms with Crippen LogP contribution in [-0.4, -0.2) is 5.84 Å². The average molecular weight is 90.2 g/mol. The number of hydrogen-bond donors (Lipinski definition) is 2. The third-order valence-electron chi connectivity index (χ3n) is 0.622. The summed E-state index contributed by atoms with van der Waals surface area (Å²) in [6.07, 6.45) is 0. The van der Waals surface area contributed by atoms with Gasteiger partial charge in [0.05, 0.1) is 5.84 Å². The monoisotopic (exact) mass is 90.1 g/mol. The quantitative estimate of drug-likeness (QED) is 0.367. The van der Waals surface area contributed by atoms with E-state index in [1.165, 1.54) is 0 Å². The molecule has 0 aromatic carbocycles. The lowest BCUT2D eigenvalue weighted by Gasteiger charge is -1.95. The Bertz CT molecular complexity index is 63.1. The number of nitrogens with one attached hydrogen (secondary N) is 1. The Labute approximate surface area is 40.8 Å². The number of rotatable bonds is 1. The Kier molecular flexibility index (Phi) is 1.64. The molecule has 0 radical (unpaired) electrons. The Morgan fingerprint density at radius 2 is 2.00 bits per heavy atom. The van der Waals surface area contributed by atoms with Crippen molar-refractivity contribution in [3.8, 4) is 0 Å². The first-order valence-corrected chi connectivity index (χ1v) is 1.98. The van der Waals surface area contributed by atoms with E-state index in [1.807, 2.05) is 13.8 Å². The molecular formula is C4H14N2. The molecule has 0 aromatic rings. The van der Waals surface area contributed by atoms with Gasteiger partial charge in [-0.15, -0.1) is 0 Å². The summed E-state index contributed by atoms with van der Waals surface area (Å²) in [6, 6.07) is 0. The van der Waals surface area contributed by atoms with E-state index in [0.29, 0.717) is 0 Å². The van der Waals surface area contributed by atoms with Gasteiger partial charge in [0, 0.05) is 8.77 Å². The summed E-state index contributed by atoms with van der Waals surface area (Å²) in [7, 11) is 0. The maximum Gasteiger partial charge on any atom is 0.0931 e. The van der Waals surface area contributed by atoms with Gasteiger partial charge in [0.1, 0.15) is 0 Å². The molecule has 0 aliphatic rings. The minimum absolute atomic E-state index is 0. The number of hydrogen-bond acceptors (Lipinski definition) is 1. The van der Waals surface area contributed by atoms with E-state index in [4.69, 9.17) is 11.1 Å². The van der Waals surface area contributed by atoms with Crippen LogP contribution in [0.25, 0.3) is 0 Å². The Hall–Kier alpha value is -0.530. The molecule has 0 atom stereocenters. The van der Waals surface area contributed by atoms with Crippen molar-refractivity contribution in [1.29, 1.82) is 5.41 Å². The van der Waals surface area contributed by atoms with Crippen molar-refractivity contribution in [1.82, 2.24) is 0 Å². The first-order chi connectivity index (χ1) is 2.64. The molecular weight excluding hydrogens is 76.1 g/mol. The predicted octanol–water partition coefficient (Wildman–Crippen LogP) is 1.07. The van der Waals surface area contributed by atoms with Gasteiger partial charge >= 0.3 is 0 Å². The van der Waals surface area contributed by atoms with E-state index in [-0.39, 0.29) is 14.6 Å². The Balaban J connectivity index is -0.000000125. The van der Waals surface area contributed by atoms with Crippen molar-refractivity contribution in [2.75, 3.05) is 0 Å². The first-order valence-electron chi connectivity index (χ1n) is 1.98. The standard InChI is InChI=1S/C4H10N2.2H2/c1-3(2)4(5)6;;/h3H,1-2H3,(H3,5,6);2*1H. The summed E-state index contributed by atoms with van der Waals surface area (Å²) in [4.78, 5) is 0. The molecule has 3 N–H and O–H groups in total. The van der Waals surface area contributed by atoms with Crippen LogP contribution in [0.5, 0.6) is 0 Å². The summed E-state index contributed by atoms with van der Waals surface area (Å²) in [5.74, 6) is 0.472. The average Bonchev–Trinajstić information content (AvgIpc) is 1.36. The Morgan fingerprint density at radius 1 is 1.83 bits per heavy atom. The third-order valence-corrected chi connectivity index (χ3v) is 0.622. The van der Waals surface area contributed by atoms with E-state index in [0.717, 1.165) is 0 Å². The molecule has 0 rings (SSSR count). The summed E-state index contributed by atoms with van der Waals surface area (Å²) >= 11 is 0. The summed E-state index contributed by atoms with van der Waals surface area (Å²) in [6.45, 7) is 3.78. The van der Waals surface area contributed by atoms with E-state index < -0.39 is 0 Å². The van der Waals surface area contributed by atoms with Crippen LogP contribution in [0.2, 0.25) is 0 Å². The molecule has 0 saturated heterocycles. The van der Waals surface area contributed by atoms with Gasteiger partial charge in [-0.05, 0) is 0 Å². The van der Waals surface area contributed by atoms with Crippen molar-refractivity contribution in [3.63, 3.8) is 0 Å². The Morgan fingerprint density at radius 3 is 2.00 bits per heavy atom. The smallest absolute Gasteiger partial charge is 0.0931 e. The number of amidine groups is 1. The summed E-state index contributed by atoms with van der Waals surface area (Å²) in [5, 5.41) is 6.73. The van der Waals surface area contributed by atoms with Crippen molar-refractivity contribution in [2.45, 2.75) is 13.8 Å². The predicted molar refractivity (Wildman–Crippen MR) is 31.0 cm³/mol. The largest absolute Gasteiger partial charge is 0.387 e. The summed E-state index contributed by atoms with van der Waals surface area (Å²) < 4.78 is 0. The zero-order chi connectivity index (χ0) is 5.15. The highest BCUT2D eigenvalue weighted by molar-refractivity contribution is 5.78. The summed E-state index contributed by atoms with van der Waals surface area (Å²) in [5.41, 5.74) is 5.02. The van der Waals surface area contributed by atoms with Gasteiger partial charge < -0.3 is 5.73 Å². The molecule has 2 heteroatoms. The highest BCUT2D eigenvalue weighted by Crippen LogP contribution is 1.85. The second-order valence-corrected chi connectivity index (χ2v) is 1.61. The van der Waals surface area contributed by atoms with Crippen LogP contribution < -0.4 is 5.73 Å². The van der Waals surface area contributed by atoms with Gasteiger partial charge in [0.15, 0.2) is 0 Å². The molecule has 40 valence electrons. The van der Waals surface area contributed by atoms with Crippen LogP contribution in [0.15, 0.2) is 0 Å². The molecule has 6 heavy (non-hydrogen) atoms. The second-order valence-electron chi connectivity index (χ2n) is 1.61. The topological polar surface area (TPSA) is 49.9 Å². The van der Waals surface area contributed by atoms with Crippen molar-refractivity contribution < 1.29 is 2.85 Å². The molecule has 0 fully saturated rings. The second kappa shape index (κ2) is 1.80. The lowest BCUT2D eigenvalue weighted by atomic mass is 10.2. The van der Waals surface area contributed by atoms with Crippen LogP contribution in [0.4, 0.5) is 0 Å². The van der Waals surface area contributed by atoms with Gasteiger partial charge in [-0.1, -0.05) is 13.8 Å². The third kappa shape index (κ3) is 1.76. The van der Waals surface area contributed by atoms with Crippen molar-refractivity contribution in [2.24, 2.45) is 11.7 Å². The molecule has 0 amide bonds. The lowest BCUT2D eigenvalue weighted by molar-refractivity contribution is 0.865. The normalized spacial score (nSPS) is 9.17. The van der Waals surface area contributed by atoms with E-state index >= 15 is 0 Å². The fourth-order valence-corrected chi connectivity index (χ4v) is 0. The molecule has 0 aliphatic heterocycles. The molecule has 0 saturated carbocycles. The lowest BCUT2D eigenvalue weighted by Crippen LogP contribution is -2.16. The first kappa shape index (κ1) is 5.47. The molecule has 0 spiro atoms. The minimum atomic E-state index is 0. The van der Waals surface area contributed by atoms with Crippen molar-refractivity contribution >= 4 is 5.84 Å². The molecule has 0 aromatic heterocycles. The highest BCUT2D eigenvalue weighted by Gasteiger charge is 1.91. The molecule has 0 heterocycles. The van der Waals surface area contributed by atoms with Gasteiger partial charge in [-0.2, -0.15) is 0 Å². The van der Waals surface area contributed by atoms with E-state index in [9.17, 15) is 0 Å². The van der Waals surface area contributed by atoms with Crippen LogP contribution in [-0.2, 0) is 0 Å². The molecule has 0 aliphatic carbocycles. The van der Waals surface area contributed by atoms with E-state index in [1.54, 1.807) is 0 Å². The van der Waals surface area contributed by atoms with Crippen LogP contribution in [0.3, 0.4) is 0 Å². The van der Waals surface area contributed by atoms with Crippen LogP contribution in [0, 0.1) is 11.3 Å². The van der Waals surface area contributed by atoms with E-state index in [2.05, 4.69) is 0 Å². The number of nitrogens with two attached hydrogens (primary N) is 1. The molecule has 0 unspecified atom stereocenters. The maximum atomic E-state index is 6.73. The van der Waals surface area contributed by atoms with Gasteiger partial charge in [0.25, 0.3) is 0 Å². The highest BCUT2D eigenvalue weighted by atomic mass is 14.7. The fourth-order valence-electron chi connectivity index (χ4n) is 0.